The van der Waals surface area contributed by atoms with E-state index in [-0.39, 0.29) is 5.63 Å². The molecule has 0 aliphatic rings. The fourth-order valence-electron chi connectivity index (χ4n) is 1.97. The summed E-state index contributed by atoms with van der Waals surface area (Å²) in [4.78, 5) is 11.9. The van der Waals surface area contributed by atoms with Crippen LogP contribution in [0.2, 0.25) is 0 Å². The molecule has 2 aromatic carbocycles. The van der Waals surface area contributed by atoms with E-state index in [1.165, 1.54) is 5.56 Å². The minimum Gasteiger partial charge on any atom is -0.421 e. The third-order valence-corrected chi connectivity index (χ3v) is 3.52. The van der Waals surface area contributed by atoms with E-state index in [1.54, 1.807) is 12.1 Å². The van der Waals surface area contributed by atoms with Crippen molar-refractivity contribution < 1.29 is 4.42 Å². The second-order valence-corrected chi connectivity index (χ2v) is 5.54. The Kier molecular flexibility index (Phi) is 3.32. The van der Waals surface area contributed by atoms with Crippen molar-refractivity contribution in [3.63, 3.8) is 0 Å². The molecule has 0 amide bonds. The highest BCUT2D eigenvalue weighted by molar-refractivity contribution is 9.10. The average Bonchev–Trinajstić information content (AvgIpc) is 2.42. The number of halogens is 1. The van der Waals surface area contributed by atoms with Gasteiger partial charge in [-0.15, -0.1) is 0 Å². The van der Waals surface area contributed by atoms with Crippen LogP contribution in [0.5, 0.6) is 0 Å². The molecule has 0 radical (unpaired) electrons. The van der Waals surface area contributed by atoms with Gasteiger partial charge in [-0.05, 0) is 43.3 Å². The summed E-state index contributed by atoms with van der Waals surface area (Å²) in [6, 6.07) is 15.2. The Balaban J connectivity index is 2.04. The first-order valence-corrected chi connectivity index (χ1v) is 6.98. The molecule has 100 valence electrons. The fraction of sp³-hybridized carbons (Fsp3) is 0.0625. The van der Waals surface area contributed by atoms with Crippen LogP contribution in [0, 0.1) is 6.92 Å². The van der Waals surface area contributed by atoms with Gasteiger partial charge in [0.2, 0.25) is 0 Å². The molecule has 1 heterocycles. The molecule has 0 spiro atoms. The summed E-state index contributed by atoms with van der Waals surface area (Å²) in [6.45, 7) is 2.02. The average molecular weight is 330 g/mol. The molecule has 1 N–H and O–H groups in total. The van der Waals surface area contributed by atoms with Crippen LogP contribution in [0.25, 0.3) is 11.0 Å². The maximum Gasteiger partial charge on any atom is 0.360 e. The minimum absolute atomic E-state index is 0.375. The van der Waals surface area contributed by atoms with E-state index in [9.17, 15) is 4.79 Å². The maximum absolute atomic E-state index is 11.9. The number of nitrogens with one attached hydrogen (secondary N) is 1. The van der Waals surface area contributed by atoms with Crippen molar-refractivity contribution in [3.8, 4) is 0 Å². The van der Waals surface area contributed by atoms with E-state index in [2.05, 4.69) is 21.2 Å². The van der Waals surface area contributed by atoms with Gasteiger partial charge in [0.05, 0.1) is 0 Å². The molecule has 3 aromatic rings. The van der Waals surface area contributed by atoms with Crippen molar-refractivity contribution in [3.05, 3.63) is 69.0 Å². The summed E-state index contributed by atoms with van der Waals surface area (Å²) in [5.74, 6) is 0. The van der Waals surface area contributed by atoms with Crippen LogP contribution < -0.4 is 10.9 Å². The van der Waals surface area contributed by atoms with E-state index < -0.39 is 0 Å². The standard InChI is InChI=1S/C16H12BrNO2/c1-10-2-5-13(6-3-10)18-14-9-11-8-12(17)4-7-15(11)20-16(14)19/h2-9,18H,1H3. The number of benzene rings is 2. The van der Waals surface area contributed by atoms with Crippen molar-refractivity contribution in [1.82, 2.24) is 0 Å². The van der Waals surface area contributed by atoms with Gasteiger partial charge in [0.25, 0.3) is 0 Å². The van der Waals surface area contributed by atoms with Crippen molar-refractivity contribution in [1.29, 1.82) is 0 Å². The van der Waals surface area contributed by atoms with Crippen molar-refractivity contribution in [2.45, 2.75) is 6.92 Å². The Hall–Kier alpha value is -2.07. The van der Waals surface area contributed by atoms with E-state index in [0.717, 1.165) is 15.5 Å². The molecule has 0 fully saturated rings. The molecule has 4 heteroatoms. The van der Waals surface area contributed by atoms with Crippen molar-refractivity contribution in [2.75, 3.05) is 5.32 Å². The number of hydrogen-bond donors (Lipinski definition) is 1. The Labute approximate surface area is 124 Å². The largest absolute Gasteiger partial charge is 0.421 e. The Morgan fingerprint density at radius 2 is 1.80 bits per heavy atom. The van der Waals surface area contributed by atoms with Gasteiger partial charge < -0.3 is 9.73 Å². The van der Waals surface area contributed by atoms with Crippen LogP contribution in [0.4, 0.5) is 11.4 Å². The molecule has 0 aliphatic carbocycles. The van der Waals surface area contributed by atoms with Crippen LogP contribution in [-0.2, 0) is 0 Å². The number of fused-ring (bicyclic) bond motifs is 1. The van der Waals surface area contributed by atoms with E-state index in [1.807, 2.05) is 43.3 Å². The lowest BCUT2D eigenvalue weighted by atomic mass is 10.2. The fourth-order valence-corrected chi connectivity index (χ4v) is 2.35. The first-order valence-electron chi connectivity index (χ1n) is 6.19. The SMILES string of the molecule is Cc1ccc(Nc2cc3cc(Br)ccc3oc2=O)cc1. The molecule has 1 aromatic heterocycles. The maximum atomic E-state index is 11.9. The molecular weight excluding hydrogens is 318 g/mol. The van der Waals surface area contributed by atoms with Gasteiger partial charge in [-0.1, -0.05) is 33.6 Å². The van der Waals surface area contributed by atoms with E-state index in [4.69, 9.17) is 4.42 Å². The summed E-state index contributed by atoms with van der Waals surface area (Å²) in [5, 5.41) is 3.96. The topological polar surface area (TPSA) is 42.2 Å². The summed E-state index contributed by atoms with van der Waals surface area (Å²) in [7, 11) is 0. The number of anilines is 2. The molecule has 0 bridgehead atoms. The summed E-state index contributed by atoms with van der Waals surface area (Å²) in [6.07, 6.45) is 0. The second-order valence-electron chi connectivity index (χ2n) is 4.62. The molecule has 0 atom stereocenters. The summed E-state index contributed by atoms with van der Waals surface area (Å²) >= 11 is 3.41. The predicted molar refractivity (Wildman–Crippen MR) is 84.6 cm³/mol. The lowest BCUT2D eigenvalue weighted by Gasteiger charge is -2.06. The lowest BCUT2D eigenvalue weighted by molar-refractivity contribution is 0.564. The smallest absolute Gasteiger partial charge is 0.360 e. The lowest BCUT2D eigenvalue weighted by Crippen LogP contribution is -2.06. The van der Waals surface area contributed by atoms with Gasteiger partial charge in [-0.3, -0.25) is 0 Å². The molecular formula is C16H12BrNO2. The summed E-state index contributed by atoms with van der Waals surface area (Å²) in [5.41, 5.74) is 2.66. The molecule has 0 saturated heterocycles. The van der Waals surface area contributed by atoms with Crippen molar-refractivity contribution >= 4 is 38.3 Å². The van der Waals surface area contributed by atoms with Crippen LogP contribution in [-0.4, -0.2) is 0 Å². The Morgan fingerprint density at radius 3 is 2.55 bits per heavy atom. The Morgan fingerprint density at radius 1 is 1.05 bits per heavy atom. The number of aryl methyl sites for hydroxylation is 1. The highest BCUT2D eigenvalue weighted by Gasteiger charge is 2.06. The molecule has 0 saturated carbocycles. The quantitative estimate of drug-likeness (QED) is 0.698. The molecule has 3 rings (SSSR count). The van der Waals surface area contributed by atoms with Crippen LogP contribution in [0.15, 0.2) is 62.2 Å². The molecule has 20 heavy (non-hydrogen) atoms. The van der Waals surface area contributed by atoms with E-state index >= 15 is 0 Å². The third kappa shape index (κ3) is 2.60. The van der Waals surface area contributed by atoms with Gasteiger partial charge in [0, 0.05) is 15.5 Å². The molecule has 3 nitrogen and oxygen atoms in total. The highest BCUT2D eigenvalue weighted by atomic mass is 79.9. The van der Waals surface area contributed by atoms with Crippen LogP contribution in [0.1, 0.15) is 5.56 Å². The van der Waals surface area contributed by atoms with Crippen molar-refractivity contribution in [2.24, 2.45) is 0 Å². The first kappa shape index (κ1) is 12.9. The number of rotatable bonds is 2. The van der Waals surface area contributed by atoms with Crippen LogP contribution in [0.3, 0.4) is 0 Å². The molecule has 0 unspecified atom stereocenters. The zero-order valence-corrected chi connectivity index (χ0v) is 12.4. The monoisotopic (exact) mass is 329 g/mol. The van der Waals surface area contributed by atoms with Gasteiger partial charge in [-0.2, -0.15) is 0 Å². The van der Waals surface area contributed by atoms with Gasteiger partial charge in [0.1, 0.15) is 11.3 Å². The summed E-state index contributed by atoms with van der Waals surface area (Å²) < 4.78 is 6.25. The zero-order chi connectivity index (χ0) is 14.1. The third-order valence-electron chi connectivity index (χ3n) is 3.02. The zero-order valence-electron chi connectivity index (χ0n) is 10.8. The molecule has 0 aliphatic heterocycles. The Bertz CT molecular complexity index is 822. The predicted octanol–water partition coefficient (Wildman–Crippen LogP) is 4.61. The normalized spacial score (nSPS) is 10.7. The van der Waals surface area contributed by atoms with Gasteiger partial charge >= 0.3 is 5.63 Å². The van der Waals surface area contributed by atoms with Gasteiger partial charge in [-0.25, -0.2) is 4.79 Å². The highest BCUT2D eigenvalue weighted by Crippen LogP contribution is 2.22. The van der Waals surface area contributed by atoms with Gasteiger partial charge in [0.15, 0.2) is 0 Å². The van der Waals surface area contributed by atoms with E-state index in [0.29, 0.717) is 11.3 Å². The first-order chi connectivity index (χ1) is 9.61. The second kappa shape index (κ2) is 5.13. The number of hydrogen-bond acceptors (Lipinski definition) is 3. The minimum atomic E-state index is -0.375. The van der Waals surface area contributed by atoms with Crippen LogP contribution >= 0.6 is 15.9 Å².